The lowest BCUT2D eigenvalue weighted by atomic mass is 10.2. The van der Waals surface area contributed by atoms with Crippen LogP contribution in [0.4, 0.5) is 0 Å². The van der Waals surface area contributed by atoms with Crippen LogP contribution in [-0.2, 0) is 4.43 Å². The van der Waals surface area contributed by atoms with E-state index in [-0.39, 0.29) is 5.04 Å². The Morgan fingerprint density at radius 3 is 2.50 bits per heavy atom. The Labute approximate surface area is 153 Å². The Morgan fingerprint density at radius 2 is 1.92 bits per heavy atom. The minimum Gasteiger partial charge on any atom is -0.417 e. The quantitative estimate of drug-likeness (QED) is 0.263. The molecule has 0 fully saturated rings. The SMILES string of the molecule is C#C/C(=C\C#CCCCO[Si](C)(C)C(C)(C)C)Sc1ccccc1. The van der Waals surface area contributed by atoms with Crippen LogP contribution in [0.2, 0.25) is 18.1 Å². The third-order valence-electron chi connectivity index (χ3n) is 4.13. The minimum absolute atomic E-state index is 0.262. The number of thioether (sulfide) groups is 1. The molecule has 0 saturated heterocycles. The normalized spacial score (nSPS) is 12.2. The first-order valence-corrected chi connectivity index (χ1v) is 12.0. The molecule has 0 atom stereocenters. The van der Waals surface area contributed by atoms with Gasteiger partial charge in [-0.25, -0.2) is 0 Å². The zero-order valence-electron chi connectivity index (χ0n) is 15.5. The lowest BCUT2D eigenvalue weighted by Gasteiger charge is -2.36. The molecule has 0 saturated carbocycles. The van der Waals surface area contributed by atoms with E-state index in [0.29, 0.717) is 0 Å². The van der Waals surface area contributed by atoms with Crippen LogP contribution in [0.1, 0.15) is 33.6 Å². The second-order valence-electron chi connectivity index (χ2n) is 7.10. The van der Waals surface area contributed by atoms with E-state index in [9.17, 15) is 0 Å². The van der Waals surface area contributed by atoms with E-state index in [4.69, 9.17) is 10.8 Å². The Balaban J connectivity index is 2.39. The molecule has 0 spiro atoms. The highest BCUT2D eigenvalue weighted by molar-refractivity contribution is 8.03. The molecular formula is C21H28OSSi. The van der Waals surface area contributed by atoms with Crippen LogP contribution in [0.5, 0.6) is 0 Å². The number of hydrogen-bond donors (Lipinski definition) is 0. The van der Waals surface area contributed by atoms with Crippen LogP contribution >= 0.6 is 11.8 Å². The van der Waals surface area contributed by atoms with E-state index in [2.05, 4.69) is 51.6 Å². The van der Waals surface area contributed by atoms with Gasteiger partial charge < -0.3 is 4.43 Å². The van der Waals surface area contributed by atoms with Crippen molar-refractivity contribution in [1.82, 2.24) is 0 Å². The molecule has 1 aromatic rings. The number of rotatable bonds is 6. The van der Waals surface area contributed by atoms with Crippen molar-refractivity contribution in [1.29, 1.82) is 0 Å². The smallest absolute Gasteiger partial charge is 0.191 e. The van der Waals surface area contributed by atoms with Gasteiger partial charge in [-0.05, 0) is 36.7 Å². The summed E-state index contributed by atoms with van der Waals surface area (Å²) in [4.78, 5) is 1.97. The molecule has 1 rings (SSSR count). The monoisotopic (exact) mass is 356 g/mol. The van der Waals surface area contributed by atoms with Gasteiger partial charge in [-0.2, -0.15) is 0 Å². The van der Waals surface area contributed by atoms with Crippen LogP contribution in [0.3, 0.4) is 0 Å². The number of hydrogen-bond acceptors (Lipinski definition) is 2. The zero-order valence-corrected chi connectivity index (χ0v) is 17.3. The molecule has 3 heteroatoms. The van der Waals surface area contributed by atoms with Gasteiger partial charge in [0.25, 0.3) is 0 Å². The fourth-order valence-electron chi connectivity index (χ4n) is 1.61. The number of unbranched alkanes of at least 4 members (excludes halogenated alkanes) is 1. The van der Waals surface area contributed by atoms with Gasteiger partial charge in [-0.1, -0.05) is 68.5 Å². The number of benzene rings is 1. The molecule has 0 radical (unpaired) electrons. The molecule has 0 N–H and O–H groups in total. The number of terminal acetylenes is 1. The molecule has 0 aliphatic rings. The highest BCUT2D eigenvalue weighted by atomic mass is 32.2. The predicted molar refractivity (Wildman–Crippen MR) is 109 cm³/mol. The van der Waals surface area contributed by atoms with Crippen molar-refractivity contribution in [2.45, 2.75) is 56.6 Å². The average Bonchev–Trinajstić information content (AvgIpc) is 2.52. The summed E-state index contributed by atoms with van der Waals surface area (Å²) in [5, 5.41) is 0.262. The maximum absolute atomic E-state index is 6.14. The van der Waals surface area contributed by atoms with Crippen molar-refractivity contribution >= 4 is 20.1 Å². The lowest BCUT2D eigenvalue weighted by Crippen LogP contribution is -2.40. The van der Waals surface area contributed by atoms with E-state index in [1.807, 2.05) is 36.4 Å². The molecule has 24 heavy (non-hydrogen) atoms. The first kappa shape index (κ1) is 20.7. The maximum atomic E-state index is 6.14. The largest absolute Gasteiger partial charge is 0.417 e. The molecular weight excluding hydrogens is 328 g/mol. The van der Waals surface area contributed by atoms with Crippen molar-refractivity contribution in [3.63, 3.8) is 0 Å². The molecule has 0 unspecified atom stereocenters. The summed E-state index contributed by atoms with van der Waals surface area (Å²) in [7, 11) is -1.63. The zero-order chi connectivity index (χ0) is 18.1. The molecule has 0 aliphatic heterocycles. The summed E-state index contributed by atoms with van der Waals surface area (Å²) in [6.07, 6.45) is 9.17. The summed E-state index contributed by atoms with van der Waals surface area (Å²) < 4.78 is 6.14. The molecule has 0 heterocycles. The minimum atomic E-state index is -1.63. The van der Waals surface area contributed by atoms with Gasteiger partial charge in [0.1, 0.15) is 0 Å². The second kappa shape index (κ2) is 9.79. The first-order chi connectivity index (χ1) is 11.3. The summed E-state index contributed by atoms with van der Waals surface area (Å²) >= 11 is 1.57. The summed E-state index contributed by atoms with van der Waals surface area (Å²) in [6.45, 7) is 12.1. The standard InChI is InChI=1S/C21H28OSSi/c1-7-19(23-20-16-12-10-13-17-20)15-11-8-9-14-18-22-24(5,6)21(2,3)4/h1,10,12-13,15-17H,9,14,18H2,2-6H3/b19-15+. The highest BCUT2D eigenvalue weighted by Crippen LogP contribution is 2.36. The van der Waals surface area contributed by atoms with Gasteiger partial charge in [0.05, 0.1) is 4.91 Å². The Bertz CT molecular complexity index is 636. The Kier molecular flexibility index (Phi) is 8.43. The van der Waals surface area contributed by atoms with Crippen molar-refractivity contribution in [3.05, 3.63) is 41.3 Å². The molecule has 0 bridgehead atoms. The average molecular weight is 357 g/mol. The van der Waals surface area contributed by atoms with E-state index >= 15 is 0 Å². The van der Waals surface area contributed by atoms with Crippen LogP contribution < -0.4 is 0 Å². The van der Waals surface area contributed by atoms with Crippen LogP contribution in [0, 0.1) is 24.2 Å². The lowest BCUT2D eigenvalue weighted by molar-refractivity contribution is 0.284. The van der Waals surface area contributed by atoms with Crippen LogP contribution in [0.15, 0.2) is 46.2 Å². The van der Waals surface area contributed by atoms with Crippen molar-refractivity contribution in [2.24, 2.45) is 0 Å². The van der Waals surface area contributed by atoms with E-state index in [1.54, 1.807) is 11.8 Å². The molecule has 1 nitrogen and oxygen atoms in total. The third kappa shape index (κ3) is 7.45. The Morgan fingerprint density at radius 1 is 1.25 bits per heavy atom. The third-order valence-corrected chi connectivity index (χ3v) is 9.64. The fourth-order valence-corrected chi connectivity index (χ4v) is 3.42. The Hall–Kier alpha value is -1.39. The van der Waals surface area contributed by atoms with Crippen molar-refractivity contribution < 1.29 is 4.43 Å². The van der Waals surface area contributed by atoms with Gasteiger partial charge in [0.2, 0.25) is 0 Å². The predicted octanol–water partition coefficient (Wildman–Crippen LogP) is 6.10. The van der Waals surface area contributed by atoms with Gasteiger partial charge in [0.15, 0.2) is 8.32 Å². The van der Waals surface area contributed by atoms with E-state index in [0.717, 1.165) is 29.2 Å². The van der Waals surface area contributed by atoms with E-state index < -0.39 is 8.32 Å². The molecule has 1 aromatic carbocycles. The van der Waals surface area contributed by atoms with Gasteiger partial charge in [-0.15, -0.1) is 6.42 Å². The van der Waals surface area contributed by atoms with Gasteiger partial charge >= 0.3 is 0 Å². The molecule has 0 aromatic heterocycles. The maximum Gasteiger partial charge on any atom is 0.191 e. The summed E-state index contributed by atoms with van der Waals surface area (Å²) in [5.74, 6) is 8.92. The number of allylic oxidation sites excluding steroid dienone is 2. The highest BCUT2D eigenvalue weighted by Gasteiger charge is 2.36. The molecule has 128 valence electrons. The molecule has 0 amide bonds. The molecule has 0 aliphatic carbocycles. The van der Waals surface area contributed by atoms with E-state index in [1.165, 1.54) is 0 Å². The first-order valence-electron chi connectivity index (χ1n) is 8.28. The van der Waals surface area contributed by atoms with Crippen LogP contribution in [-0.4, -0.2) is 14.9 Å². The second-order valence-corrected chi connectivity index (χ2v) is 13.0. The van der Waals surface area contributed by atoms with Gasteiger partial charge in [0, 0.05) is 24.0 Å². The fraction of sp³-hybridized carbons (Fsp3) is 0.429. The van der Waals surface area contributed by atoms with Gasteiger partial charge in [-0.3, -0.25) is 0 Å². The summed E-state index contributed by atoms with van der Waals surface area (Å²) in [5.41, 5.74) is 0. The van der Waals surface area contributed by atoms with Crippen molar-refractivity contribution in [3.8, 4) is 24.2 Å². The van der Waals surface area contributed by atoms with Crippen molar-refractivity contribution in [2.75, 3.05) is 6.61 Å². The topological polar surface area (TPSA) is 9.23 Å². The van der Waals surface area contributed by atoms with Crippen LogP contribution in [0.25, 0.3) is 0 Å². The summed E-state index contributed by atoms with van der Waals surface area (Å²) in [6, 6.07) is 10.1.